The molecule has 1 heterocycles. The van der Waals surface area contributed by atoms with Crippen LogP contribution < -0.4 is 11.1 Å². The standard InChI is InChI=1S/C12H15N3S2/c1-16-10-11(13)15-17-12(10)14-8-7-9-5-3-2-4-6-9/h2-6,14H,7-8H2,1H3,(H2,13,15). The third-order valence-corrected chi connectivity index (χ3v) is 4.19. The van der Waals surface area contributed by atoms with Gasteiger partial charge in [0.1, 0.15) is 5.00 Å². The summed E-state index contributed by atoms with van der Waals surface area (Å²) in [4.78, 5) is 1.06. The summed E-state index contributed by atoms with van der Waals surface area (Å²) < 4.78 is 4.15. The maximum Gasteiger partial charge on any atom is 0.153 e. The summed E-state index contributed by atoms with van der Waals surface area (Å²) in [6.07, 6.45) is 3.02. The number of rotatable bonds is 5. The summed E-state index contributed by atoms with van der Waals surface area (Å²) in [6, 6.07) is 10.4. The van der Waals surface area contributed by atoms with Gasteiger partial charge in [-0.2, -0.15) is 4.37 Å². The second-order valence-corrected chi connectivity index (χ2v) is 5.18. The lowest BCUT2D eigenvalue weighted by Gasteiger charge is -2.05. The Balaban J connectivity index is 1.90. The summed E-state index contributed by atoms with van der Waals surface area (Å²) >= 11 is 3.06. The number of nitrogens with two attached hydrogens (primary N) is 1. The molecule has 2 aromatic rings. The van der Waals surface area contributed by atoms with Crippen molar-refractivity contribution in [3.63, 3.8) is 0 Å². The molecular weight excluding hydrogens is 250 g/mol. The van der Waals surface area contributed by atoms with E-state index in [2.05, 4.69) is 34.0 Å². The molecule has 0 atom stereocenters. The van der Waals surface area contributed by atoms with Crippen molar-refractivity contribution in [1.29, 1.82) is 0 Å². The van der Waals surface area contributed by atoms with E-state index >= 15 is 0 Å². The first-order valence-electron chi connectivity index (χ1n) is 5.38. The Morgan fingerprint density at radius 1 is 1.35 bits per heavy atom. The average molecular weight is 265 g/mol. The molecule has 90 valence electrons. The van der Waals surface area contributed by atoms with Gasteiger partial charge in [-0.3, -0.25) is 0 Å². The molecule has 0 saturated carbocycles. The molecule has 1 aromatic carbocycles. The first kappa shape index (κ1) is 12.3. The second kappa shape index (κ2) is 5.93. The van der Waals surface area contributed by atoms with E-state index in [9.17, 15) is 0 Å². The van der Waals surface area contributed by atoms with Crippen LogP contribution in [0.25, 0.3) is 0 Å². The van der Waals surface area contributed by atoms with Crippen molar-refractivity contribution < 1.29 is 0 Å². The van der Waals surface area contributed by atoms with Crippen LogP contribution in [-0.4, -0.2) is 17.2 Å². The minimum Gasteiger partial charge on any atom is -0.382 e. The van der Waals surface area contributed by atoms with Crippen LogP contribution in [0, 0.1) is 0 Å². The van der Waals surface area contributed by atoms with Gasteiger partial charge in [0.25, 0.3) is 0 Å². The molecule has 0 amide bonds. The molecule has 1 aromatic heterocycles. The molecule has 0 aliphatic rings. The fourth-order valence-corrected chi connectivity index (χ4v) is 3.14. The maximum absolute atomic E-state index is 5.77. The number of hydrogen-bond acceptors (Lipinski definition) is 5. The van der Waals surface area contributed by atoms with Gasteiger partial charge in [-0.25, -0.2) is 0 Å². The van der Waals surface area contributed by atoms with Crippen molar-refractivity contribution in [1.82, 2.24) is 4.37 Å². The predicted molar refractivity (Wildman–Crippen MR) is 76.9 cm³/mol. The van der Waals surface area contributed by atoms with E-state index in [1.807, 2.05) is 12.3 Å². The molecule has 0 spiro atoms. The third kappa shape index (κ3) is 3.14. The number of nitrogens with one attached hydrogen (secondary N) is 1. The summed E-state index contributed by atoms with van der Waals surface area (Å²) in [5, 5.41) is 4.46. The van der Waals surface area contributed by atoms with Crippen LogP contribution in [0.4, 0.5) is 10.8 Å². The van der Waals surface area contributed by atoms with Crippen molar-refractivity contribution >= 4 is 34.1 Å². The fourth-order valence-electron chi connectivity index (χ4n) is 1.57. The third-order valence-electron chi connectivity index (χ3n) is 2.42. The molecule has 3 nitrogen and oxygen atoms in total. The highest BCUT2D eigenvalue weighted by Crippen LogP contribution is 2.34. The number of anilines is 2. The number of nitrogens with zero attached hydrogens (tertiary/aromatic N) is 1. The first-order chi connectivity index (χ1) is 8.31. The van der Waals surface area contributed by atoms with Crippen LogP contribution in [0.1, 0.15) is 5.56 Å². The van der Waals surface area contributed by atoms with E-state index in [4.69, 9.17) is 5.73 Å². The van der Waals surface area contributed by atoms with Crippen LogP contribution >= 0.6 is 23.3 Å². The molecule has 17 heavy (non-hydrogen) atoms. The van der Waals surface area contributed by atoms with E-state index in [0.717, 1.165) is 22.9 Å². The molecule has 0 unspecified atom stereocenters. The van der Waals surface area contributed by atoms with Crippen LogP contribution in [0.2, 0.25) is 0 Å². The zero-order valence-electron chi connectivity index (χ0n) is 9.64. The van der Waals surface area contributed by atoms with Crippen LogP contribution in [0.15, 0.2) is 35.2 Å². The van der Waals surface area contributed by atoms with Crippen molar-refractivity contribution in [2.45, 2.75) is 11.3 Å². The second-order valence-electron chi connectivity index (χ2n) is 3.59. The molecule has 0 aliphatic carbocycles. The quantitative estimate of drug-likeness (QED) is 0.816. The number of benzene rings is 1. The molecule has 3 N–H and O–H groups in total. The largest absolute Gasteiger partial charge is 0.382 e. The van der Waals surface area contributed by atoms with Gasteiger partial charge >= 0.3 is 0 Å². The zero-order chi connectivity index (χ0) is 12.1. The minimum absolute atomic E-state index is 0.629. The Morgan fingerprint density at radius 3 is 2.82 bits per heavy atom. The highest BCUT2D eigenvalue weighted by molar-refractivity contribution is 7.99. The number of aromatic nitrogens is 1. The Kier molecular flexibility index (Phi) is 4.28. The van der Waals surface area contributed by atoms with E-state index < -0.39 is 0 Å². The van der Waals surface area contributed by atoms with Crippen LogP contribution in [0.3, 0.4) is 0 Å². The van der Waals surface area contributed by atoms with Gasteiger partial charge in [0, 0.05) is 6.54 Å². The Morgan fingerprint density at radius 2 is 2.12 bits per heavy atom. The molecular formula is C12H15N3S2. The lowest BCUT2D eigenvalue weighted by Crippen LogP contribution is -2.04. The average Bonchev–Trinajstić information content (AvgIpc) is 2.71. The number of nitrogen functional groups attached to an aromatic ring is 1. The molecule has 0 bridgehead atoms. The predicted octanol–water partition coefficient (Wildman–Crippen LogP) is 3.10. The Bertz CT molecular complexity index is 468. The van der Waals surface area contributed by atoms with E-state index in [-0.39, 0.29) is 0 Å². The SMILES string of the molecule is CSc1c(N)nsc1NCCc1ccccc1. The zero-order valence-corrected chi connectivity index (χ0v) is 11.3. The van der Waals surface area contributed by atoms with Gasteiger partial charge in [0.15, 0.2) is 5.82 Å². The van der Waals surface area contributed by atoms with E-state index in [1.165, 1.54) is 17.1 Å². The topological polar surface area (TPSA) is 50.9 Å². The molecule has 0 radical (unpaired) electrons. The molecule has 2 rings (SSSR count). The van der Waals surface area contributed by atoms with Gasteiger partial charge in [-0.15, -0.1) is 11.8 Å². The highest BCUT2D eigenvalue weighted by atomic mass is 32.2. The van der Waals surface area contributed by atoms with Gasteiger partial charge in [0.2, 0.25) is 0 Å². The first-order valence-corrected chi connectivity index (χ1v) is 7.38. The van der Waals surface area contributed by atoms with E-state index in [1.54, 1.807) is 11.8 Å². The lowest BCUT2D eigenvalue weighted by molar-refractivity contribution is 1.02. The van der Waals surface area contributed by atoms with Gasteiger partial charge < -0.3 is 11.1 Å². The van der Waals surface area contributed by atoms with Crippen molar-refractivity contribution in [3.8, 4) is 0 Å². The highest BCUT2D eigenvalue weighted by Gasteiger charge is 2.09. The summed E-state index contributed by atoms with van der Waals surface area (Å²) in [5.74, 6) is 0.629. The molecule has 5 heteroatoms. The van der Waals surface area contributed by atoms with Crippen molar-refractivity contribution in [2.24, 2.45) is 0 Å². The van der Waals surface area contributed by atoms with Crippen molar-refractivity contribution in [2.75, 3.05) is 23.9 Å². The maximum atomic E-state index is 5.77. The molecule has 0 fully saturated rings. The van der Waals surface area contributed by atoms with Crippen LogP contribution in [-0.2, 0) is 6.42 Å². The van der Waals surface area contributed by atoms with Gasteiger partial charge in [-0.05, 0) is 29.8 Å². The molecule has 0 aliphatic heterocycles. The Hall–Kier alpha value is -1.20. The van der Waals surface area contributed by atoms with Crippen LogP contribution in [0.5, 0.6) is 0 Å². The monoisotopic (exact) mass is 265 g/mol. The van der Waals surface area contributed by atoms with Gasteiger partial charge in [-0.1, -0.05) is 30.3 Å². The smallest absolute Gasteiger partial charge is 0.153 e. The number of thioether (sulfide) groups is 1. The summed E-state index contributed by atoms with van der Waals surface area (Å²) in [7, 11) is 0. The summed E-state index contributed by atoms with van der Waals surface area (Å²) in [5.41, 5.74) is 7.11. The fraction of sp³-hybridized carbons (Fsp3) is 0.250. The van der Waals surface area contributed by atoms with Gasteiger partial charge in [0.05, 0.1) is 4.90 Å². The summed E-state index contributed by atoms with van der Waals surface area (Å²) in [6.45, 7) is 0.902. The molecule has 0 saturated heterocycles. The lowest BCUT2D eigenvalue weighted by atomic mass is 10.1. The Labute approximate surface area is 110 Å². The van der Waals surface area contributed by atoms with E-state index in [0.29, 0.717) is 5.82 Å². The number of hydrogen-bond donors (Lipinski definition) is 2. The van der Waals surface area contributed by atoms with Crippen molar-refractivity contribution in [3.05, 3.63) is 35.9 Å². The normalized spacial score (nSPS) is 10.4. The minimum atomic E-state index is 0.629.